The zero-order valence-corrected chi connectivity index (χ0v) is 13.0. The molecule has 22 heavy (non-hydrogen) atoms. The average molecular weight is 301 g/mol. The molecule has 0 radical (unpaired) electrons. The van der Waals surface area contributed by atoms with Crippen molar-refractivity contribution in [2.24, 2.45) is 0 Å². The summed E-state index contributed by atoms with van der Waals surface area (Å²) in [5, 5.41) is 5.95. The van der Waals surface area contributed by atoms with Crippen molar-refractivity contribution in [3.8, 4) is 0 Å². The fourth-order valence-corrected chi connectivity index (χ4v) is 2.83. The van der Waals surface area contributed by atoms with E-state index in [0.717, 1.165) is 36.8 Å². The molecule has 1 aliphatic heterocycles. The van der Waals surface area contributed by atoms with Gasteiger partial charge < -0.3 is 15.5 Å². The molecular weight excluding hydrogens is 278 g/mol. The van der Waals surface area contributed by atoms with Gasteiger partial charge in [0.2, 0.25) is 0 Å². The number of carbonyl (C=O) groups is 2. The Bertz CT molecular complexity index is 561. The maximum atomic E-state index is 12.5. The molecule has 118 valence electrons. The Hall–Kier alpha value is -2.04. The number of aryl methyl sites for hydroxylation is 1. The standard InChI is InChI=1S/C17H23N3O2/c1-12-3-2-4-13(11-12)16(21)20-9-7-15(8-10-20)19-17(22)18-14-5-6-14/h2-4,11,14-15H,5-10H2,1H3,(H2,18,19,22). The van der Waals surface area contributed by atoms with Crippen LogP contribution < -0.4 is 10.6 Å². The SMILES string of the molecule is Cc1cccc(C(=O)N2CCC(NC(=O)NC3CC3)CC2)c1. The highest BCUT2D eigenvalue weighted by Gasteiger charge is 2.27. The number of urea groups is 1. The minimum Gasteiger partial charge on any atom is -0.338 e. The first-order chi connectivity index (χ1) is 10.6. The van der Waals surface area contributed by atoms with Crippen LogP contribution in [0.1, 0.15) is 41.6 Å². The summed E-state index contributed by atoms with van der Waals surface area (Å²) in [7, 11) is 0. The number of carbonyl (C=O) groups excluding carboxylic acids is 2. The maximum Gasteiger partial charge on any atom is 0.315 e. The van der Waals surface area contributed by atoms with Gasteiger partial charge in [-0.3, -0.25) is 4.79 Å². The molecule has 2 N–H and O–H groups in total. The van der Waals surface area contributed by atoms with Crippen LogP contribution in [0.15, 0.2) is 24.3 Å². The maximum absolute atomic E-state index is 12.5. The summed E-state index contributed by atoms with van der Waals surface area (Å²) in [6.45, 7) is 3.38. The van der Waals surface area contributed by atoms with Crippen molar-refractivity contribution in [2.45, 2.75) is 44.7 Å². The van der Waals surface area contributed by atoms with Crippen molar-refractivity contribution < 1.29 is 9.59 Å². The van der Waals surface area contributed by atoms with E-state index in [2.05, 4.69) is 10.6 Å². The topological polar surface area (TPSA) is 61.4 Å². The number of amides is 3. The van der Waals surface area contributed by atoms with E-state index >= 15 is 0 Å². The minimum absolute atomic E-state index is 0.0639. The summed E-state index contributed by atoms with van der Waals surface area (Å²) in [6, 6.07) is 8.18. The van der Waals surface area contributed by atoms with Crippen LogP contribution in [0.2, 0.25) is 0 Å². The number of likely N-dealkylation sites (tertiary alicyclic amines) is 1. The highest BCUT2D eigenvalue weighted by atomic mass is 16.2. The third-order valence-electron chi connectivity index (χ3n) is 4.29. The Labute approximate surface area is 131 Å². The van der Waals surface area contributed by atoms with Crippen LogP contribution in [-0.2, 0) is 0 Å². The third kappa shape index (κ3) is 3.78. The van der Waals surface area contributed by atoms with E-state index < -0.39 is 0 Å². The smallest absolute Gasteiger partial charge is 0.315 e. The number of nitrogens with zero attached hydrogens (tertiary/aromatic N) is 1. The first kappa shape index (κ1) is 14.9. The normalized spacial score (nSPS) is 18.9. The summed E-state index contributed by atoms with van der Waals surface area (Å²) >= 11 is 0. The molecule has 2 aliphatic rings. The fourth-order valence-electron chi connectivity index (χ4n) is 2.83. The molecule has 0 spiro atoms. The summed E-state index contributed by atoms with van der Waals surface area (Å²) in [4.78, 5) is 26.1. The number of piperidine rings is 1. The van der Waals surface area contributed by atoms with Gasteiger partial charge >= 0.3 is 6.03 Å². The number of hydrogen-bond donors (Lipinski definition) is 2. The third-order valence-corrected chi connectivity index (χ3v) is 4.29. The number of rotatable bonds is 3. The van der Waals surface area contributed by atoms with Crippen LogP contribution in [0.4, 0.5) is 4.79 Å². The molecule has 0 atom stereocenters. The summed E-state index contributed by atoms with van der Waals surface area (Å²) in [6.07, 6.45) is 3.82. The Morgan fingerprint density at radius 3 is 2.27 bits per heavy atom. The van der Waals surface area contributed by atoms with Crippen molar-refractivity contribution in [1.29, 1.82) is 0 Å². The van der Waals surface area contributed by atoms with E-state index in [1.54, 1.807) is 0 Å². The zero-order valence-electron chi connectivity index (χ0n) is 13.0. The quantitative estimate of drug-likeness (QED) is 0.897. The molecule has 3 amide bonds. The average Bonchev–Trinajstić information content (AvgIpc) is 3.31. The molecule has 1 aromatic carbocycles. The number of nitrogens with one attached hydrogen (secondary N) is 2. The van der Waals surface area contributed by atoms with Gasteiger partial charge in [-0.1, -0.05) is 17.7 Å². The van der Waals surface area contributed by atoms with Gasteiger partial charge in [0.15, 0.2) is 0 Å². The predicted octanol–water partition coefficient (Wildman–Crippen LogP) is 2.06. The molecule has 3 rings (SSSR count). The van der Waals surface area contributed by atoms with Crippen LogP contribution in [0, 0.1) is 6.92 Å². The number of benzene rings is 1. The summed E-state index contributed by atoms with van der Waals surface area (Å²) in [5.41, 5.74) is 1.84. The summed E-state index contributed by atoms with van der Waals surface area (Å²) in [5.74, 6) is 0.0876. The molecular formula is C17H23N3O2. The highest BCUT2D eigenvalue weighted by molar-refractivity contribution is 5.94. The van der Waals surface area contributed by atoms with Gasteiger partial charge in [-0.2, -0.15) is 0 Å². The monoisotopic (exact) mass is 301 g/mol. The molecule has 0 unspecified atom stereocenters. The van der Waals surface area contributed by atoms with Crippen molar-refractivity contribution in [3.05, 3.63) is 35.4 Å². The first-order valence-corrected chi connectivity index (χ1v) is 8.05. The molecule has 2 fully saturated rings. The second-order valence-electron chi connectivity index (χ2n) is 6.33. The largest absolute Gasteiger partial charge is 0.338 e. The number of hydrogen-bond acceptors (Lipinski definition) is 2. The van der Waals surface area contributed by atoms with E-state index in [-0.39, 0.29) is 18.0 Å². The molecule has 1 saturated heterocycles. The lowest BCUT2D eigenvalue weighted by Crippen LogP contribution is -2.49. The van der Waals surface area contributed by atoms with E-state index in [1.807, 2.05) is 36.1 Å². The van der Waals surface area contributed by atoms with E-state index in [9.17, 15) is 9.59 Å². The predicted molar refractivity (Wildman–Crippen MR) is 84.8 cm³/mol. The molecule has 1 aromatic rings. The van der Waals surface area contributed by atoms with Gasteiger partial charge in [-0.25, -0.2) is 4.79 Å². The van der Waals surface area contributed by atoms with Crippen LogP contribution in [0.3, 0.4) is 0 Å². The Kier molecular flexibility index (Phi) is 4.32. The van der Waals surface area contributed by atoms with Gasteiger partial charge in [0.25, 0.3) is 5.91 Å². The van der Waals surface area contributed by atoms with Crippen LogP contribution in [0.5, 0.6) is 0 Å². The van der Waals surface area contributed by atoms with Crippen LogP contribution >= 0.6 is 0 Å². The molecule has 1 heterocycles. The lowest BCUT2D eigenvalue weighted by atomic mass is 10.0. The van der Waals surface area contributed by atoms with E-state index in [1.165, 1.54) is 0 Å². The Morgan fingerprint density at radius 2 is 1.68 bits per heavy atom. The molecule has 5 nitrogen and oxygen atoms in total. The second kappa shape index (κ2) is 6.38. The van der Waals surface area contributed by atoms with E-state index in [4.69, 9.17) is 0 Å². The van der Waals surface area contributed by atoms with Gasteiger partial charge in [-0.05, 0) is 44.7 Å². The lowest BCUT2D eigenvalue weighted by molar-refractivity contribution is 0.0708. The lowest BCUT2D eigenvalue weighted by Gasteiger charge is -2.32. The fraction of sp³-hybridized carbons (Fsp3) is 0.529. The minimum atomic E-state index is -0.0639. The van der Waals surface area contributed by atoms with Crippen molar-refractivity contribution in [1.82, 2.24) is 15.5 Å². The van der Waals surface area contributed by atoms with Crippen LogP contribution in [0.25, 0.3) is 0 Å². The van der Waals surface area contributed by atoms with Crippen LogP contribution in [-0.4, -0.2) is 42.0 Å². The van der Waals surface area contributed by atoms with Gasteiger partial charge in [-0.15, -0.1) is 0 Å². The van der Waals surface area contributed by atoms with E-state index in [0.29, 0.717) is 19.1 Å². The second-order valence-corrected chi connectivity index (χ2v) is 6.33. The van der Waals surface area contributed by atoms with Gasteiger partial charge in [0.05, 0.1) is 0 Å². The Morgan fingerprint density at radius 1 is 1.05 bits per heavy atom. The van der Waals surface area contributed by atoms with Crippen molar-refractivity contribution in [3.63, 3.8) is 0 Å². The molecule has 5 heteroatoms. The zero-order chi connectivity index (χ0) is 15.5. The van der Waals surface area contributed by atoms with Gasteiger partial charge in [0, 0.05) is 30.7 Å². The molecule has 1 saturated carbocycles. The molecule has 1 aliphatic carbocycles. The summed E-state index contributed by atoms with van der Waals surface area (Å²) < 4.78 is 0. The Balaban J connectivity index is 1.48. The van der Waals surface area contributed by atoms with Gasteiger partial charge in [0.1, 0.15) is 0 Å². The van der Waals surface area contributed by atoms with Crippen molar-refractivity contribution in [2.75, 3.05) is 13.1 Å². The van der Waals surface area contributed by atoms with Crippen molar-refractivity contribution >= 4 is 11.9 Å². The highest BCUT2D eigenvalue weighted by Crippen LogP contribution is 2.19. The molecule has 0 aromatic heterocycles. The first-order valence-electron chi connectivity index (χ1n) is 8.05. The molecule has 0 bridgehead atoms.